The van der Waals surface area contributed by atoms with Crippen molar-refractivity contribution < 1.29 is 18.7 Å². The maximum Gasteiger partial charge on any atom is 0.407 e. The van der Waals surface area contributed by atoms with Gasteiger partial charge in [-0.2, -0.15) is 0 Å². The van der Waals surface area contributed by atoms with Crippen LogP contribution in [-0.4, -0.2) is 36.9 Å². The minimum absolute atomic E-state index is 0.0234. The molecule has 3 rings (SSSR count). The molecule has 1 aliphatic rings. The number of amides is 1. The molecule has 1 aromatic carbocycles. The number of nitrogens with zero attached hydrogens (tertiary/aromatic N) is 1. The molecule has 1 amide bonds. The van der Waals surface area contributed by atoms with Crippen LogP contribution in [0.1, 0.15) is 25.2 Å². The smallest absolute Gasteiger partial charge is 0.407 e. The number of oxazole rings is 1. The van der Waals surface area contributed by atoms with Crippen molar-refractivity contribution in [2.24, 2.45) is 0 Å². The summed E-state index contributed by atoms with van der Waals surface area (Å²) in [6.45, 7) is 3.49. The quantitative estimate of drug-likeness (QED) is 0.936. The summed E-state index contributed by atoms with van der Waals surface area (Å²) in [5, 5.41) is 2.74. The van der Waals surface area contributed by atoms with Crippen LogP contribution in [0.15, 0.2) is 28.7 Å². The first-order valence-electron chi connectivity index (χ1n) is 7.10. The zero-order valence-electron chi connectivity index (χ0n) is 11.9. The Hall–Kier alpha value is -2.08. The third kappa shape index (κ3) is 3.33. The molecule has 0 spiro atoms. The maximum absolute atomic E-state index is 11.7. The molecule has 1 fully saturated rings. The van der Waals surface area contributed by atoms with Crippen LogP contribution in [0.5, 0.6) is 0 Å². The van der Waals surface area contributed by atoms with E-state index in [1.165, 1.54) is 0 Å². The van der Waals surface area contributed by atoms with Gasteiger partial charge in [0.05, 0.1) is 19.1 Å². The average molecular weight is 290 g/mol. The molecule has 6 heteroatoms. The zero-order valence-corrected chi connectivity index (χ0v) is 11.9. The van der Waals surface area contributed by atoms with Gasteiger partial charge in [-0.05, 0) is 12.1 Å². The summed E-state index contributed by atoms with van der Waals surface area (Å²) in [6.07, 6.45) is 0.201. The third-order valence-electron chi connectivity index (χ3n) is 3.45. The first-order valence-corrected chi connectivity index (χ1v) is 7.10. The molecule has 112 valence electrons. The normalized spacial score (nSPS) is 19.6. The lowest BCUT2D eigenvalue weighted by atomic mass is 10.2. The average Bonchev–Trinajstić information content (AvgIpc) is 3.13. The Morgan fingerprint density at radius 2 is 2.38 bits per heavy atom. The summed E-state index contributed by atoms with van der Waals surface area (Å²) < 4.78 is 16.1. The minimum atomic E-state index is -0.423. The Bertz CT molecular complexity index is 586. The number of ether oxygens (including phenoxy) is 2. The molecule has 1 saturated heterocycles. The summed E-state index contributed by atoms with van der Waals surface area (Å²) in [6, 6.07) is 7.59. The highest BCUT2D eigenvalue weighted by Gasteiger charge is 2.21. The van der Waals surface area contributed by atoms with Crippen molar-refractivity contribution in [2.45, 2.75) is 25.4 Å². The second-order valence-electron chi connectivity index (χ2n) is 5.19. The lowest BCUT2D eigenvalue weighted by Crippen LogP contribution is -2.31. The topological polar surface area (TPSA) is 73.6 Å². The molecular weight excluding hydrogens is 272 g/mol. The number of nitrogens with one attached hydrogen (secondary N) is 1. The van der Waals surface area contributed by atoms with Crippen molar-refractivity contribution in [3.63, 3.8) is 0 Å². The van der Waals surface area contributed by atoms with Gasteiger partial charge in [-0.15, -0.1) is 0 Å². The largest absolute Gasteiger partial charge is 0.444 e. The van der Waals surface area contributed by atoms with E-state index in [-0.39, 0.29) is 12.0 Å². The van der Waals surface area contributed by atoms with E-state index in [9.17, 15) is 4.79 Å². The fourth-order valence-electron chi connectivity index (χ4n) is 2.22. The second-order valence-corrected chi connectivity index (χ2v) is 5.19. The van der Waals surface area contributed by atoms with Crippen LogP contribution in [0.3, 0.4) is 0 Å². The van der Waals surface area contributed by atoms with Gasteiger partial charge in [0.2, 0.25) is 0 Å². The number of hydrogen-bond acceptors (Lipinski definition) is 5. The molecule has 21 heavy (non-hydrogen) atoms. The first kappa shape index (κ1) is 13.9. The van der Waals surface area contributed by atoms with Gasteiger partial charge in [-0.25, -0.2) is 9.78 Å². The fraction of sp³-hybridized carbons (Fsp3) is 0.467. The van der Waals surface area contributed by atoms with Crippen LogP contribution in [0.2, 0.25) is 0 Å². The van der Waals surface area contributed by atoms with Gasteiger partial charge in [0.25, 0.3) is 0 Å². The number of hydrogen-bond donors (Lipinski definition) is 1. The standard InChI is InChI=1S/C15H18N2O4/c1-10(8-16-15(18)20-11-6-7-19-9-11)14-17-12-4-2-3-5-13(12)21-14/h2-5,10-11H,6-9H2,1H3,(H,16,18). The third-order valence-corrected chi connectivity index (χ3v) is 3.45. The van der Waals surface area contributed by atoms with Gasteiger partial charge in [0, 0.05) is 13.0 Å². The first-order chi connectivity index (χ1) is 10.2. The van der Waals surface area contributed by atoms with E-state index in [1.54, 1.807) is 0 Å². The number of carbonyl (C=O) groups is 1. The minimum Gasteiger partial charge on any atom is -0.444 e. The van der Waals surface area contributed by atoms with E-state index >= 15 is 0 Å². The molecule has 0 aliphatic carbocycles. The van der Waals surface area contributed by atoms with Crippen LogP contribution in [0, 0.1) is 0 Å². The van der Waals surface area contributed by atoms with Crippen molar-refractivity contribution in [3.05, 3.63) is 30.2 Å². The fourth-order valence-corrected chi connectivity index (χ4v) is 2.22. The molecule has 2 aromatic rings. The van der Waals surface area contributed by atoms with Crippen LogP contribution in [-0.2, 0) is 9.47 Å². The molecule has 6 nitrogen and oxygen atoms in total. The number of carbonyl (C=O) groups excluding carboxylic acids is 1. The van der Waals surface area contributed by atoms with E-state index in [1.807, 2.05) is 31.2 Å². The highest BCUT2D eigenvalue weighted by atomic mass is 16.6. The van der Waals surface area contributed by atoms with Gasteiger partial charge in [-0.3, -0.25) is 0 Å². The van der Waals surface area contributed by atoms with Gasteiger partial charge < -0.3 is 19.2 Å². The maximum atomic E-state index is 11.7. The summed E-state index contributed by atoms with van der Waals surface area (Å²) in [5.74, 6) is 0.588. The SMILES string of the molecule is CC(CNC(=O)OC1CCOC1)c1nc2ccccc2o1. The lowest BCUT2D eigenvalue weighted by molar-refractivity contribution is 0.0828. The van der Waals surface area contributed by atoms with E-state index in [4.69, 9.17) is 13.9 Å². The number of fused-ring (bicyclic) bond motifs is 1. The molecule has 2 heterocycles. The van der Waals surface area contributed by atoms with Crippen molar-refractivity contribution in [1.82, 2.24) is 10.3 Å². The molecule has 0 radical (unpaired) electrons. The van der Waals surface area contributed by atoms with Crippen molar-refractivity contribution >= 4 is 17.2 Å². The van der Waals surface area contributed by atoms with Crippen LogP contribution in [0.25, 0.3) is 11.1 Å². The summed E-state index contributed by atoms with van der Waals surface area (Å²) in [5.41, 5.74) is 1.58. The molecule has 0 bridgehead atoms. The van der Waals surface area contributed by atoms with Crippen LogP contribution in [0.4, 0.5) is 4.79 Å². The summed E-state index contributed by atoms with van der Waals surface area (Å²) >= 11 is 0. The highest BCUT2D eigenvalue weighted by Crippen LogP contribution is 2.20. The predicted molar refractivity (Wildman–Crippen MR) is 76.1 cm³/mol. The van der Waals surface area contributed by atoms with Crippen LogP contribution < -0.4 is 5.32 Å². The Balaban J connectivity index is 1.53. The van der Waals surface area contributed by atoms with Gasteiger partial charge in [0.15, 0.2) is 11.5 Å². The number of alkyl carbamates (subject to hydrolysis) is 1. The molecule has 2 atom stereocenters. The van der Waals surface area contributed by atoms with Crippen molar-refractivity contribution in [3.8, 4) is 0 Å². The van der Waals surface area contributed by atoms with E-state index in [2.05, 4.69) is 10.3 Å². The number of aromatic nitrogens is 1. The van der Waals surface area contributed by atoms with Crippen LogP contribution >= 0.6 is 0 Å². The Morgan fingerprint density at radius 3 is 3.14 bits per heavy atom. The van der Waals surface area contributed by atoms with E-state index < -0.39 is 6.09 Å². The van der Waals surface area contributed by atoms with Crippen molar-refractivity contribution in [2.75, 3.05) is 19.8 Å². The second kappa shape index (κ2) is 6.13. The molecule has 1 aromatic heterocycles. The zero-order chi connectivity index (χ0) is 14.7. The lowest BCUT2D eigenvalue weighted by Gasteiger charge is -2.12. The van der Waals surface area contributed by atoms with E-state index in [0.717, 1.165) is 17.5 Å². The molecule has 0 saturated carbocycles. The summed E-state index contributed by atoms with van der Waals surface area (Å²) in [4.78, 5) is 16.1. The Kier molecular flexibility index (Phi) is 4.06. The van der Waals surface area contributed by atoms with Gasteiger partial charge >= 0.3 is 6.09 Å². The van der Waals surface area contributed by atoms with Gasteiger partial charge in [-0.1, -0.05) is 19.1 Å². The monoisotopic (exact) mass is 290 g/mol. The Morgan fingerprint density at radius 1 is 1.52 bits per heavy atom. The predicted octanol–water partition coefficient (Wildman–Crippen LogP) is 2.45. The Labute approximate surface area is 122 Å². The van der Waals surface area contributed by atoms with Gasteiger partial charge in [0.1, 0.15) is 11.6 Å². The number of benzene rings is 1. The molecule has 2 unspecified atom stereocenters. The molecule has 1 aliphatic heterocycles. The number of rotatable bonds is 4. The van der Waals surface area contributed by atoms with Crippen molar-refractivity contribution in [1.29, 1.82) is 0 Å². The molecule has 1 N–H and O–H groups in total. The number of para-hydroxylation sites is 2. The van der Waals surface area contributed by atoms with E-state index in [0.29, 0.717) is 25.6 Å². The highest BCUT2D eigenvalue weighted by molar-refractivity contribution is 5.72. The summed E-state index contributed by atoms with van der Waals surface area (Å²) in [7, 11) is 0. The molecular formula is C15H18N2O4.